The molecule has 0 radical (unpaired) electrons. The number of rotatable bonds is 15. The first-order valence-corrected chi connectivity index (χ1v) is 13.7. The Morgan fingerprint density at radius 2 is 1.87 bits per heavy atom. The van der Waals surface area contributed by atoms with Crippen LogP contribution in [0.4, 0.5) is 0 Å². The standard InChI is InChI=1S/C28H36Cl2N4O4/c29-24-9-7-21(16-25(24)30)17-32-28(38)26(10-11-27(36)37)34(19-35)15-13-23(33-14-12-22(31)18-33)8-6-20-4-2-1-3-5-20/h1-5,7,9,16,19,22-23,26H,6,8,10-15,17-18,31H2,(H,32,38)(H,36,37)/t22?,23?,26-/m1/s1. The number of amides is 2. The first kappa shape index (κ1) is 29.9. The summed E-state index contributed by atoms with van der Waals surface area (Å²) < 4.78 is 0. The van der Waals surface area contributed by atoms with Crippen LogP contribution in [-0.2, 0) is 27.3 Å². The fourth-order valence-electron chi connectivity index (χ4n) is 4.88. The lowest BCUT2D eigenvalue weighted by molar-refractivity contribution is -0.139. The van der Waals surface area contributed by atoms with E-state index in [1.54, 1.807) is 18.2 Å². The number of aliphatic carboxylic acids is 1. The zero-order chi connectivity index (χ0) is 27.5. The third-order valence-corrected chi connectivity index (χ3v) is 7.76. The Balaban J connectivity index is 1.66. The molecular formula is C28H36Cl2N4O4. The van der Waals surface area contributed by atoms with Crippen molar-refractivity contribution in [2.24, 2.45) is 5.73 Å². The highest BCUT2D eigenvalue weighted by Crippen LogP contribution is 2.23. The van der Waals surface area contributed by atoms with Gasteiger partial charge in [-0.25, -0.2) is 0 Å². The number of carbonyl (C=O) groups is 3. The molecular weight excluding hydrogens is 527 g/mol. The van der Waals surface area contributed by atoms with Crippen LogP contribution in [-0.4, -0.2) is 71.0 Å². The van der Waals surface area contributed by atoms with Gasteiger partial charge in [0.25, 0.3) is 0 Å². The molecule has 2 unspecified atom stereocenters. The van der Waals surface area contributed by atoms with Crippen molar-refractivity contribution in [3.63, 3.8) is 0 Å². The second-order valence-electron chi connectivity index (χ2n) is 9.77. The van der Waals surface area contributed by atoms with Gasteiger partial charge in [-0.1, -0.05) is 59.6 Å². The maximum atomic E-state index is 13.1. The number of likely N-dealkylation sites (tertiary alicyclic amines) is 1. The summed E-state index contributed by atoms with van der Waals surface area (Å²) in [5.41, 5.74) is 8.16. The largest absolute Gasteiger partial charge is 0.481 e. The van der Waals surface area contributed by atoms with E-state index in [1.165, 1.54) is 10.5 Å². The maximum Gasteiger partial charge on any atom is 0.303 e. The molecule has 1 saturated heterocycles. The normalized spacial score (nSPS) is 17.1. The van der Waals surface area contributed by atoms with Gasteiger partial charge < -0.3 is 21.1 Å². The van der Waals surface area contributed by atoms with E-state index in [4.69, 9.17) is 28.9 Å². The van der Waals surface area contributed by atoms with E-state index in [1.807, 2.05) is 18.2 Å². The Hall–Kier alpha value is -2.65. The molecule has 4 N–H and O–H groups in total. The molecule has 1 fully saturated rings. The summed E-state index contributed by atoms with van der Waals surface area (Å²) in [7, 11) is 0. The average Bonchev–Trinajstić information content (AvgIpc) is 3.34. The molecule has 0 saturated carbocycles. The van der Waals surface area contributed by atoms with E-state index in [0.717, 1.165) is 37.9 Å². The number of nitrogens with zero attached hydrogens (tertiary/aromatic N) is 2. The summed E-state index contributed by atoms with van der Waals surface area (Å²) in [5.74, 6) is -1.43. The summed E-state index contributed by atoms with van der Waals surface area (Å²) >= 11 is 12.0. The molecule has 2 aromatic rings. The van der Waals surface area contributed by atoms with E-state index in [0.29, 0.717) is 29.4 Å². The molecule has 206 valence electrons. The molecule has 10 heteroatoms. The number of aryl methyl sites for hydroxylation is 1. The Morgan fingerprint density at radius 1 is 1.11 bits per heavy atom. The lowest BCUT2D eigenvalue weighted by atomic mass is 10.0. The first-order valence-electron chi connectivity index (χ1n) is 12.9. The molecule has 1 aliphatic heterocycles. The van der Waals surface area contributed by atoms with E-state index in [9.17, 15) is 19.5 Å². The summed E-state index contributed by atoms with van der Waals surface area (Å²) in [4.78, 5) is 40.4. The van der Waals surface area contributed by atoms with Crippen LogP contribution in [0.1, 0.15) is 43.2 Å². The number of hydrogen-bond donors (Lipinski definition) is 3. The molecule has 2 aromatic carbocycles. The lowest BCUT2D eigenvalue weighted by Crippen LogP contribution is -2.48. The van der Waals surface area contributed by atoms with Gasteiger partial charge in [0.05, 0.1) is 10.0 Å². The molecule has 0 bridgehead atoms. The Morgan fingerprint density at radius 3 is 2.50 bits per heavy atom. The highest BCUT2D eigenvalue weighted by atomic mass is 35.5. The van der Waals surface area contributed by atoms with Gasteiger partial charge >= 0.3 is 5.97 Å². The molecule has 0 spiro atoms. The number of hydrogen-bond acceptors (Lipinski definition) is 5. The van der Waals surface area contributed by atoms with Crippen LogP contribution in [0.15, 0.2) is 48.5 Å². The van der Waals surface area contributed by atoms with Crippen molar-refractivity contribution >= 4 is 41.5 Å². The maximum absolute atomic E-state index is 13.1. The van der Waals surface area contributed by atoms with Crippen LogP contribution in [0.3, 0.4) is 0 Å². The molecule has 3 rings (SSSR count). The number of carbonyl (C=O) groups excluding carboxylic acids is 2. The van der Waals surface area contributed by atoms with E-state index in [2.05, 4.69) is 22.3 Å². The number of carboxylic acid groups (broad SMARTS) is 1. The van der Waals surface area contributed by atoms with Crippen molar-refractivity contribution < 1.29 is 19.5 Å². The van der Waals surface area contributed by atoms with Gasteiger partial charge in [-0.15, -0.1) is 0 Å². The molecule has 8 nitrogen and oxygen atoms in total. The minimum Gasteiger partial charge on any atom is -0.481 e. The summed E-state index contributed by atoms with van der Waals surface area (Å²) in [6, 6.07) is 14.7. The predicted molar refractivity (Wildman–Crippen MR) is 149 cm³/mol. The van der Waals surface area contributed by atoms with Crippen LogP contribution in [0.5, 0.6) is 0 Å². The summed E-state index contributed by atoms with van der Waals surface area (Å²) in [5, 5.41) is 12.8. The van der Waals surface area contributed by atoms with Gasteiger partial charge in [-0.2, -0.15) is 0 Å². The minimum absolute atomic E-state index is 0.0184. The molecule has 1 heterocycles. The SMILES string of the molecule is NC1CCN(C(CCc2ccccc2)CCN(C=O)[C@H](CCC(=O)O)C(=O)NCc2ccc(Cl)c(Cl)c2)C1. The highest BCUT2D eigenvalue weighted by molar-refractivity contribution is 6.42. The smallest absolute Gasteiger partial charge is 0.303 e. The molecule has 3 atom stereocenters. The van der Waals surface area contributed by atoms with Gasteiger partial charge in [0.1, 0.15) is 6.04 Å². The summed E-state index contributed by atoms with van der Waals surface area (Å²) in [6.07, 6.45) is 3.81. The van der Waals surface area contributed by atoms with Crippen molar-refractivity contribution in [3.8, 4) is 0 Å². The Bertz CT molecular complexity index is 1070. The van der Waals surface area contributed by atoms with E-state index in [-0.39, 0.29) is 31.5 Å². The third-order valence-electron chi connectivity index (χ3n) is 7.02. The van der Waals surface area contributed by atoms with Crippen LogP contribution in [0, 0.1) is 0 Å². The summed E-state index contributed by atoms with van der Waals surface area (Å²) in [6.45, 7) is 2.21. The quantitative estimate of drug-likeness (QED) is 0.285. The zero-order valence-electron chi connectivity index (χ0n) is 21.4. The van der Waals surface area contributed by atoms with Crippen molar-refractivity contribution in [1.29, 1.82) is 0 Å². The van der Waals surface area contributed by atoms with Crippen LogP contribution in [0.25, 0.3) is 0 Å². The fraction of sp³-hybridized carbons (Fsp3) is 0.464. The van der Waals surface area contributed by atoms with Gasteiger partial charge in [0.2, 0.25) is 12.3 Å². The van der Waals surface area contributed by atoms with Crippen LogP contribution < -0.4 is 11.1 Å². The number of nitrogens with two attached hydrogens (primary N) is 1. The van der Waals surface area contributed by atoms with Crippen LogP contribution in [0.2, 0.25) is 10.0 Å². The van der Waals surface area contributed by atoms with Crippen molar-refractivity contribution in [2.45, 2.75) is 63.2 Å². The molecule has 2 amide bonds. The monoisotopic (exact) mass is 562 g/mol. The van der Waals surface area contributed by atoms with Crippen molar-refractivity contribution in [2.75, 3.05) is 19.6 Å². The van der Waals surface area contributed by atoms with Crippen molar-refractivity contribution in [3.05, 3.63) is 69.7 Å². The van der Waals surface area contributed by atoms with Gasteiger partial charge in [0.15, 0.2) is 0 Å². The predicted octanol–water partition coefficient (Wildman–Crippen LogP) is 3.73. The number of halogens is 2. The molecule has 38 heavy (non-hydrogen) atoms. The third kappa shape index (κ3) is 9.27. The van der Waals surface area contributed by atoms with Gasteiger partial charge in [-0.3, -0.25) is 19.3 Å². The molecule has 0 aliphatic carbocycles. The zero-order valence-corrected chi connectivity index (χ0v) is 22.9. The molecule has 0 aromatic heterocycles. The minimum atomic E-state index is -1.02. The van der Waals surface area contributed by atoms with E-state index >= 15 is 0 Å². The van der Waals surface area contributed by atoms with Gasteiger partial charge in [0, 0.05) is 44.7 Å². The topological polar surface area (TPSA) is 116 Å². The van der Waals surface area contributed by atoms with E-state index < -0.39 is 17.9 Å². The fourth-order valence-corrected chi connectivity index (χ4v) is 5.20. The number of nitrogens with one attached hydrogen (secondary N) is 1. The lowest BCUT2D eigenvalue weighted by Gasteiger charge is -2.32. The highest BCUT2D eigenvalue weighted by Gasteiger charge is 2.29. The van der Waals surface area contributed by atoms with Crippen molar-refractivity contribution in [1.82, 2.24) is 15.1 Å². The number of carboxylic acids is 1. The first-order chi connectivity index (χ1) is 18.3. The molecule has 1 aliphatic rings. The Labute approximate surface area is 234 Å². The number of benzene rings is 2. The second-order valence-corrected chi connectivity index (χ2v) is 10.6. The Kier molecular flexibility index (Phi) is 11.9. The van der Waals surface area contributed by atoms with Gasteiger partial charge in [-0.05, 0) is 55.4 Å². The van der Waals surface area contributed by atoms with Crippen LogP contribution >= 0.6 is 23.2 Å². The second kappa shape index (κ2) is 15.1. The average molecular weight is 564 g/mol.